The van der Waals surface area contributed by atoms with Gasteiger partial charge in [0.05, 0.1) is 0 Å². The van der Waals surface area contributed by atoms with Gasteiger partial charge in [0, 0.05) is 11.5 Å². The van der Waals surface area contributed by atoms with Gasteiger partial charge in [-0.1, -0.05) is 30.3 Å². The van der Waals surface area contributed by atoms with Crippen LogP contribution in [0.4, 0.5) is 0 Å². The van der Waals surface area contributed by atoms with Crippen molar-refractivity contribution in [1.82, 2.24) is 0 Å². The fraction of sp³-hybridized carbons (Fsp3) is 0.211. The molecular weight excluding hydrogens is 276 g/mol. The number of rotatable bonds is 3. The lowest BCUT2D eigenvalue weighted by Crippen LogP contribution is -2.16. The zero-order valence-corrected chi connectivity index (χ0v) is 12.7. The number of ketones is 1. The van der Waals surface area contributed by atoms with Gasteiger partial charge in [0.2, 0.25) is 0 Å². The lowest BCUT2D eigenvalue weighted by molar-refractivity contribution is -0.114. The van der Waals surface area contributed by atoms with Crippen LogP contribution in [0.3, 0.4) is 0 Å². The summed E-state index contributed by atoms with van der Waals surface area (Å²) in [6, 6.07) is 13.6. The molecule has 2 aromatic rings. The van der Waals surface area contributed by atoms with Crippen molar-refractivity contribution in [2.24, 2.45) is 0 Å². The van der Waals surface area contributed by atoms with Crippen LogP contribution in [-0.4, -0.2) is 10.9 Å². The third-order valence-electron chi connectivity index (χ3n) is 4.00. The highest BCUT2D eigenvalue weighted by Gasteiger charge is 2.29. The van der Waals surface area contributed by atoms with Gasteiger partial charge >= 0.3 is 0 Å². The zero-order valence-electron chi connectivity index (χ0n) is 12.7. The Balaban J connectivity index is 2.08. The maximum Gasteiger partial charge on any atom is 0.160 e. The lowest BCUT2D eigenvalue weighted by Gasteiger charge is -2.25. The molecule has 1 aromatic heterocycles. The Hall–Kier alpha value is -2.55. The minimum atomic E-state index is -0.149. The molecule has 0 spiro atoms. The van der Waals surface area contributed by atoms with Crippen LogP contribution in [0, 0.1) is 6.92 Å². The van der Waals surface area contributed by atoms with Gasteiger partial charge < -0.3 is 9.52 Å². The molecule has 1 aliphatic rings. The molecule has 1 atom stereocenters. The SMILES string of the molecule is CC(=O)C1=C(O)C=C(c2ccc(C)o2)C[C@H]1c1ccccc1. The van der Waals surface area contributed by atoms with E-state index in [1.165, 1.54) is 6.92 Å². The number of Topliss-reactive ketones (excluding diaryl/α,β-unsaturated/α-hetero) is 1. The van der Waals surface area contributed by atoms with E-state index in [2.05, 4.69) is 0 Å². The van der Waals surface area contributed by atoms with Gasteiger partial charge in [0.1, 0.15) is 17.3 Å². The number of aliphatic hydroxyl groups excluding tert-OH is 1. The molecule has 22 heavy (non-hydrogen) atoms. The Morgan fingerprint density at radius 1 is 1.18 bits per heavy atom. The monoisotopic (exact) mass is 294 g/mol. The molecule has 3 nitrogen and oxygen atoms in total. The van der Waals surface area contributed by atoms with E-state index in [0.717, 1.165) is 22.7 Å². The Kier molecular flexibility index (Phi) is 3.72. The number of benzene rings is 1. The van der Waals surface area contributed by atoms with Gasteiger partial charge in [-0.25, -0.2) is 0 Å². The average molecular weight is 294 g/mol. The molecule has 1 heterocycles. The van der Waals surface area contributed by atoms with Crippen LogP contribution in [0.2, 0.25) is 0 Å². The summed E-state index contributed by atoms with van der Waals surface area (Å²) in [5.41, 5.74) is 2.40. The third kappa shape index (κ3) is 2.62. The van der Waals surface area contributed by atoms with Crippen LogP contribution in [0.25, 0.3) is 5.57 Å². The van der Waals surface area contributed by atoms with Crippen LogP contribution in [0.15, 0.2) is 64.3 Å². The van der Waals surface area contributed by atoms with Crippen LogP contribution >= 0.6 is 0 Å². The summed E-state index contributed by atoms with van der Waals surface area (Å²) in [5, 5.41) is 10.4. The summed E-state index contributed by atoms with van der Waals surface area (Å²) < 4.78 is 5.66. The van der Waals surface area contributed by atoms with Crippen molar-refractivity contribution in [1.29, 1.82) is 0 Å². The quantitative estimate of drug-likeness (QED) is 0.902. The topological polar surface area (TPSA) is 50.4 Å². The normalized spacial score (nSPS) is 18.3. The van der Waals surface area contributed by atoms with E-state index >= 15 is 0 Å². The molecule has 0 aliphatic heterocycles. The van der Waals surface area contributed by atoms with E-state index in [1.54, 1.807) is 6.08 Å². The standard InChI is InChI=1S/C19H18O3/c1-12-8-9-18(22-12)15-10-16(14-6-4-3-5-7-14)19(13(2)20)17(21)11-15/h3-9,11,16,21H,10H2,1-2H3/t16-/m0/s1. The van der Waals surface area contributed by atoms with Crippen LogP contribution in [0.5, 0.6) is 0 Å². The van der Waals surface area contributed by atoms with E-state index in [4.69, 9.17) is 4.42 Å². The van der Waals surface area contributed by atoms with E-state index in [0.29, 0.717) is 12.0 Å². The minimum Gasteiger partial charge on any atom is -0.508 e. The number of carbonyl (C=O) groups is 1. The second kappa shape index (κ2) is 5.68. The summed E-state index contributed by atoms with van der Waals surface area (Å²) in [7, 11) is 0. The maximum absolute atomic E-state index is 12.0. The molecule has 0 fully saturated rings. The summed E-state index contributed by atoms with van der Waals surface area (Å²) in [4.78, 5) is 12.0. The maximum atomic E-state index is 12.0. The van der Waals surface area contributed by atoms with Crippen molar-refractivity contribution in [2.75, 3.05) is 0 Å². The van der Waals surface area contributed by atoms with Crippen LogP contribution in [-0.2, 0) is 4.79 Å². The predicted molar refractivity (Wildman–Crippen MR) is 85.6 cm³/mol. The Labute approximate surface area is 129 Å². The number of hydrogen-bond acceptors (Lipinski definition) is 3. The van der Waals surface area contributed by atoms with Gasteiger partial charge in [0.25, 0.3) is 0 Å². The summed E-state index contributed by atoms with van der Waals surface area (Å²) in [6.45, 7) is 3.38. The van der Waals surface area contributed by atoms with Crippen molar-refractivity contribution in [3.63, 3.8) is 0 Å². The van der Waals surface area contributed by atoms with Gasteiger partial charge in [0.15, 0.2) is 5.78 Å². The van der Waals surface area contributed by atoms with E-state index in [9.17, 15) is 9.90 Å². The Bertz CT molecular complexity index is 763. The van der Waals surface area contributed by atoms with E-state index in [-0.39, 0.29) is 17.5 Å². The predicted octanol–water partition coefficient (Wildman–Crippen LogP) is 4.56. The molecule has 3 heteroatoms. The second-order valence-electron chi connectivity index (χ2n) is 5.60. The highest BCUT2D eigenvalue weighted by atomic mass is 16.3. The first kappa shape index (κ1) is 14.4. The second-order valence-corrected chi connectivity index (χ2v) is 5.60. The molecule has 3 rings (SSSR count). The first-order chi connectivity index (χ1) is 10.6. The van der Waals surface area contributed by atoms with Crippen molar-refractivity contribution >= 4 is 11.4 Å². The molecule has 1 aromatic carbocycles. The Morgan fingerprint density at radius 3 is 2.50 bits per heavy atom. The van der Waals surface area contributed by atoms with Crippen molar-refractivity contribution in [3.8, 4) is 0 Å². The number of aliphatic hydroxyl groups is 1. The smallest absolute Gasteiger partial charge is 0.160 e. The molecule has 0 unspecified atom stereocenters. The summed E-state index contributed by atoms with van der Waals surface area (Å²) in [5.74, 6) is 1.36. The van der Waals surface area contributed by atoms with Gasteiger partial charge in [-0.2, -0.15) is 0 Å². The third-order valence-corrected chi connectivity index (χ3v) is 4.00. The highest BCUT2D eigenvalue weighted by molar-refractivity contribution is 5.97. The molecular formula is C19H18O3. The molecule has 112 valence electrons. The fourth-order valence-corrected chi connectivity index (χ4v) is 2.98. The van der Waals surface area contributed by atoms with Gasteiger partial charge in [-0.3, -0.25) is 4.79 Å². The Morgan fingerprint density at radius 2 is 1.91 bits per heavy atom. The number of hydrogen-bond donors (Lipinski definition) is 1. The van der Waals surface area contributed by atoms with Crippen LogP contribution < -0.4 is 0 Å². The molecule has 1 N–H and O–H groups in total. The first-order valence-corrected chi connectivity index (χ1v) is 7.32. The van der Waals surface area contributed by atoms with E-state index < -0.39 is 0 Å². The van der Waals surface area contributed by atoms with Crippen molar-refractivity contribution in [2.45, 2.75) is 26.2 Å². The van der Waals surface area contributed by atoms with Crippen molar-refractivity contribution in [3.05, 3.63) is 77.0 Å². The van der Waals surface area contributed by atoms with E-state index in [1.807, 2.05) is 49.4 Å². The highest BCUT2D eigenvalue weighted by Crippen LogP contribution is 2.40. The average Bonchev–Trinajstić information content (AvgIpc) is 2.93. The summed E-state index contributed by atoms with van der Waals surface area (Å²) >= 11 is 0. The minimum absolute atomic E-state index is 0.0386. The largest absolute Gasteiger partial charge is 0.508 e. The number of carbonyl (C=O) groups excluding carboxylic acids is 1. The first-order valence-electron chi connectivity index (χ1n) is 7.32. The number of allylic oxidation sites excluding steroid dienone is 3. The molecule has 0 bridgehead atoms. The molecule has 1 aliphatic carbocycles. The van der Waals surface area contributed by atoms with Gasteiger partial charge in [-0.15, -0.1) is 0 Å². The lowest BCUT2D eigenvalue weighted by atomic mass is 9.79. The fourth-order valence-electron chi connectivity index (χ4n) is 2.98. The molecule has 0 radical (unpaired) electrons. The molecule has 0 amide bonds. The van der Waals surface area contributed by atoms with Crippen LogP contribution in [0.1, 0.15) is 36.3 Å². The molecule has 0 saturated carbocycles. The van der Waals surface area contributed by atoms with Gasteiger partial charge in [-0.05, 0) is 49.6 Å². The number of furan rings is 1. The number of aryl methyl sites for hydroxylation is 1. The molecule has 0 saturated heterocycles. The zero-order chi connectivity index (χ0) is 15.7. The van der Waals surface area contributed by atoms with Crippen molar-refractivity contribution < 1.29 is 14.3 Å². The summed E-state index contributed by atoms with van der Waals surface area (Å²) in [6.07, 6.45) is 2.28.